The molecule has 0 spiro atoms. The number of phenols is 1. The van der Waals surface area contributed by atoms with Gasteiger partial charge in [-0.1, -0.05) is 35.3 Å². The van der Waals surface area contributed by atoms with Gasteiger partial charge in [-0.05, 0) is 72.6 Å². The molecule has 0 radical (unpaired) electrons. The van der Waals surface area contributed by atoms with Crippen molar-refractivity contribution in [2.24, 2.45) is 4.99 Å². The first-order chi connectivity index (χ1) is 14.5. The predicted octanol–water partition coefficient (Wildman–Crippen LogP) is 6.32. The van der Waals surface area contributed by atoms with Crippen LogP contribution in [0.1, 0.15) is 42.2 Å². The smallest absolute Gasteiger partial charge is 0.126 e. The molecule has 6 heteroatoms. The van der Waals surface area contributed by atoms with Crippen LogP contribution >= 0.6 is 23.2 Å². The van der Waals surface area contributed by atoms with Crippen molar-refractivity contribution in [1.82, 2.24) is 5.32 Å². The minimum atomic E-state index is -0.277. The predicted molar refractivity (Wildman–Crippen MR) is 122 cm³/mol. The molecule has 154 valence electrons. The molecule has 3 aromatic rings. The van der Waals surface area contributed by atoms with E-state index in [0.29, 0.717) is 23.1 Å². The lowest BCUT2D eigenvalue weighted by molar-refractivity contribution is 0.340. The third-order valence-corrected chi connectivity index (χ3v) is 5.58. The van der Waals surface area contributed by atoms with Gasteiger partial charge in [0.15, 0.2) is 0 Å². The summed E-state index contributed by atoms with van der Waals surface area (Å²) in [6.07, 6.45) is 0.340. The van der Waals surface area contributed by atoms with E-state index < -0.39 is 0 Å². The summed E-state index contributed by atoms with van der Waals surface area (Å²) in [6.45, 7) is 2.59. The van der Waals surface area contributed by atoms with Crippen molar-refractivity contribution >= 4 is 28.9 Å². The number of nitrogens with zero attached hydrogens (tertiary/aromatic N) is 1. The Labute approximate surface area is 186 Å². The Bertz CT molecular complexity index is 1050. The molecule has 4 rings (SSSR count). The first kappa shape index (κ1) is 20.7. The summed E-state index contributed by atoms with van der Waals surface area (Å²) in [7, 11) is 0. The zero-order valence-corrected chi connectivity index (χ0v) is 18.0. The number of halogens is 2. The summed E-state index contributed by atoms with van der Waals surface area (Å²) < 4.78 is 5.56. The SMILES string of the molecule is CCOc1ccc(C2=N[C@@H](c3ccc(Cl)cc3)N[C@H](c3cc(Cl)ccc3O)C2)cc1. The molecule has 0 amide bonds. The molecule has 0 saturated carbocycles. The summed E-state index contributed by atoms with van der Waals surface area (Å²) in [5.74, 6) is 1.04. The van der Waals surface area contributed by atoms with Gasteiger partial charge in [0.25, 0.3) is 0 Å². The zero-order valence-electron chi connectivity index (χ0n) is 16.5. The zero-order chi connectivity index (χ0) is 21.1. The average Bonchev–Trinajstić information content (AvgIpc) is 2.76. The van der Waals surface area contributed by atoms with E-state index in [1.165, 1.54) is 0 Å². The number of hydrogen-bond donors (Lipinski definition) is 2. The van der Waals surface area contributed by atoms with Crippen LogP contribution in [0.3, 0.4) is 0 Å². The van der Waals surface area contributed by atoms with Crippen LogP contribution in [0.15, 0.2) is 71.7 Å². The Morgan fingerprint density at radius 3 is 2.40 bits per heavy atom. The van der Waals surface area contributed by atoms with E-state index >= 15 is 0 Å². The van der Waals surface area contributed by atoms with Gasteiger partial charge in [0.1, 0.15) is 17.7 Å². The van der Waals surface area contributed by atoms with Gasteiger partial charge < -0.3 is 9.84 Å². The van der Waals surface area contributed by atoms with E-state index in [1.807, 2.05) is 55.5 Å². The van der Waals surface area contributed by atoms with Crippen LogP contribution in [0.25, 0.3) is 0 Å². The number of nitrogens with one attached hydrogen (secondary N) is 1. The molecule has 1 aliphatic rings. The second kappa shape index (κ2) is 9.09. The Kier molecular flexibility index (Phi) is 6.28. The molecule has 0 unspecified atom stereocenters. The largest absolute Gasteiger partial charge is 0.508 e. The van der Waals surface area contributed by atoms with Gasteiger partial charge in [-0.25, -0.2) is 0 Å². The summed E-state index contributed by atoms with van der Waals surface area (Å²) in [5.41, 5.74) is 3.71. The van der Waals surface area contributed by atoms with Crippen LogP contribution in [0.5, 0.6) is 11.5 Å². The minimum absolute atomic E-state index is 0.150. The number of benzene rings is 3. The highest BCUT2D eigenvalue weighted by Crippen LogP contribution is 2.36. The maximum Gasteiger partial charge on any atom is 0.126 e. The second-order valence-corrected chi connectivity index (χ2v) is 7.99. The minimum Gasteiger partial charge on any atom is -0.508 e. The lowest BCUT2D eigenvalue weighted by Crippen LogP contribution is -2.33. The first-order valence-electron chi connectivity index (χ1n) is 9.83. The molecular weight excluding hydrogens is 419 g/mol. The van der Waals surface area contributed by atoms with E-state index in [9.17, 15) is 5.11 Å². The van der Waals surface area contributed by atoms with E-state index in [0.717, 1.165) is 28.2 Å². The highest BCUT2D eigenvalue weighted by atomic mass is 35.5. The van der Waals surface area contributed by atoms with E-state index in [1.54, 1.807) is 18.2 Å². The third kappa shape index (κ3) is 4.62. The molecule has 2 N–H and O–H groups in total. The summed E-state index contributed by atoms with van der Waals surface area (Å²) >= 11 is 12.3. The number of ether oxygens (including phenoxy) is 1. The molecule has 0 fully saturated rings. The quantitative estimate of drug-likeness (QED) is 0.487. The summed E-state index contributed by atoms with van der Waals surface area (Å²) in [5, 5.41) is 15.2. The second-order valence-electron chi connectivity index (χ2n) is 7.11. The molecule has 1 heterocycles. The summed E-state index contributed by atoms with van der Waals surface area (Å²) in [6, 6.07) is 20.5. The number of aliphatic imine (C=N–C) groups is 1. The Hall–Kier alpha value is -2.53. The molecule has 3 aromatic carbocycles. The fourth-order valence-electron chi connectivity index (χ4n) is 3.61. The first-order valence-corrected chi connectivity index (χ1v) is 10.6. The van der Waals surface area contributed by atoms with Crippen molar-refractivity contribution in [3.63, 3.8) is 0 Å². The van der Waals surface area contributed by atoms with Crippen molar-refractivity contribution in [2.45, 2.75) is 25.6 Å². The molecule has 2 atom stereocenters. The van der Waals surface area contributed by atoms with E-state index in [2.05, 4.69) is 5.32 Å². The molecule has 0 aliphatic carbocycles. The van der Waals surface area contributed by atoms with Gasteiger partial charge >= 0.3 is 0 Å². The van der Waals surface area contributed by atoms with Crippen LogP contribution in [-0.2, 0) is 0 Å². The van der Waals surface area contributed by atoms with Crippen molar-refractivity contribution in [3.05, 3.63) is 93.5 Å². The van der Waals surface area contributed by atoms with E-state index in [-0.39, 0.29) is 18.0 Å². The lowest BCUT2D eigenvalue weighted by atomic mass is 9.93. The van der Waals surface area contributed by atoms with Crippen molar-refractivity contribution in [3.8, 4) is 11.5 Å². The van der Waals surface area contributed by atoms with Gasteiger partial charge in [0.2, 0.25) is 0 Å². The number of rotatable bonds is 5. The normalized spacial score (nSPS) is 18.7. The molecule has 0 bridgehead atoms. The van der Waals surface area contributed by atoms with Gasteiger partial charge in [0, 0.05) is 33.8 Å². The van der Waals surface area contributed by atoms with Crippen molar-refractivity contribution < 1.29 is 9.84 Å². The van der Waals surface area contributed by atoms with Gasteiger partial charge in [0.05, 0.1) is 6.61 Å². The van der Waals surface area contributed by atoms with Crippen molar-refractivity contribution in [1.29, 1.82) is 0 Å². The average molecular weight is 441 g/mol. The van der Waals surface area contributed by atoms with Gasteiger partial charge in [-0.15, -0.1) is 0 Å². The van der Waals surface area contributed by atoms with Crippen LogP contribution in [0.4, 0.5) is 0 Å². The van der Waals surface area contributed by atoms with Crippen LogP contribution in [-0.4, -0.2) is 17.4 Å². The fourth-order valence-corrected chi connectivity index (χ4v) is 3.92. The van der Waals surface area contributed by atoms with Gasteiger partial charge in [-0.2, -0.15) is 0 Å². The number of phenolic OH excluding ortho intramolecular Hbond substituents is 1. The van der Waals surface area contributed by atoms with Crippen LogP contribution < -0.4 is 10.1 Å². The number of aromatic hydroxyl groups is 1. The Morgan fingerprint density at radius 2 is 1.70 bits per heavy atom. The van der Waals surface area contributed by atoms with Crippen molar-refractivity contribution in [2.75, 3.05) is 6.61 Å². The highest BCUT2D eigenvalue weighted by Gasteiger charge is 2.28. The number of hydrogen-bond acceptors (Lipinski definition) is 4. The maximum atomic E-state index is 10.5. The van der Waals surface area contributed by atoms with Crippen LogP contribution in [0, 0.1) is 0 Å². The fraction of sp³-hybridized carbons (Fsp3) is 0.208. The molecule has 0 saturated heterocycles. The molecular formula is C24H22Cl2N2O2. The highest BCUT2D eigenvalue weighted by molar-refractivity contribution is 6.30. The standard InChI is InChI=1S/C24H22Cl2N2O2/c1-2-30-19-10-5-15(6-11-19)21-14-22(20-13-18(26)9-12-23(20)29)28-24(27-21)16-3-7-17(25)8-4-16/h3-13,22,24,28-29H,2,14H2,1H3/t22-,24+/m0/s1. The van der Waals surface area contributed by atoms with E-state index in [4.69, 9.17) is 32.9 Å². The lowest BCUT2D eigenvalue weighted by Gasteiger charge is -2.31. The molecule has 0 aromatic heterocycles. The molecule has 1 aliphatic heterocycles. The van der Waals surface area contributed by atoms with Gasteiger partial charge in [-0.3, -0.25) is 10.3 Å². The summed E-state index contributed by atoms with van der Waals surface area (Å²) in [4.78, 5) is 4.96. The maximum absolute atomic E-state index is 10.5. The Morgan fingerprint density at radius 1 is 1.00 bits per heavy atom. The molecule has 30 heavy (non-hydrogen) atoms. The monoisotopic (exact) mass is 440 g/mol. The molecule has 4 nitrogen and oxygen atoms in total. The third-order valence-electron chi connectivity index (χ3n) is 5.09. The topological polar surface area (TPSA) is 53.8 Å². The Balaban J connectivity index is 1.72. The van der Waals surface area contributed by atoms with Crippen LogP contribution in [0.2, 0.25) is 10.0 Å².